The van der Waals surface area contributed by atoms with Crippen molar-refractivity contribution in [2.45, 2.75) is 40.2 Å². The maximum absolute atomic E-state index is 12.7. The molecule has 28 heavy (non-hydrogen) atoms. The van der Waals surface area contributed by atoms with Gasteiger partial charge in [-0.05, 0) is 39.0 Å². The van der Waals surface area contributed by atoms with Crippen molar-refractivity contribution >= 4 is 34.4 Å². The number of hydrogen-bond donors (Lipinski definition) is 2. The van der Waals surface area contributed by atoms with Crippen LogP contribution in [-0.4, -0.2) is 41.5 Å². The highest BCUT2D eigenvalue weighted by molar-refractivity contribution is 6.26. The molecule has 0 saturated carbocycles. The number of carbonyl (C=O) groups excluding carboxylic acids is 3. The quantitative estimate of drug-likeness (QED) is 0.621. The van der Waals surface area contributed by atoms with Gasteiger partial charge < -0.3 is 15.8 Å². The molecule has 0 saturated heterocycles. The number of ether oxygens (including phenoxy) is 1. The zero-order valence-corrected chi connectivity index (χ0v) is 17.0. The summed E-state index contributed by atoms with van der Waals surface area (Å²) in [6, 6.07) is 8.49. The number of anilines is 1. The summed E-state index contributed by atoms with van der Waals surface area (Å²) >= 11 is 0. The summed E-state index contributed by atoms with van der Waals surface area (Å²) < 4.78 is 5.14. The van der Waals surface area contributed by atoms with Gasteiger partial charge in [0.1, 0.15) is 5.60 Å². The average Bonchev–Trinajstić information content (AvgIpc) is 2.64. The largest absolute Gasteiger partial charge is 0.444 e. The number of imide groups is 1. The number of nitrogens with two attached hydrogens (primary N) is 1. The lowest BCUT2D eigenvalue weighted by atomic mass is 9.93. The molecule has 0 bridgehead atoms. The molecule has 7 heteroatoms. The summed E-state index contributed by atoms with van der Waals surface area (Å²) in [5.41, 5.74) is 6.73. The molecular formula is C21H27N3O4. The maximum atomic E-state index is 12.7. The minimum absolute atomic E-state index is 0.0527. The molecule has 0 radical (unpaired) electrons. The van der Waals surface area contributed by atoms with Crippen LogP contribution in [0.4, 0.5) is 10.5 Å². The molecule has 3 N–H and O–H groups in total. The first-order valence-electron chi connectivity index (χ1n) is 9.33. The molecular weight excluding hydrogens is 358 g/mol. The smallest absolute Gasteiger partial charge is 0.407 e. The van der Waals surface area contributed by atoms with Crippen LogP contribution in [0.15, 0.2) is 30.3 Å². The molecule has 0 aliphatic carbocycles. The van der Waals surface area contributed by atoms with E-state index in [1.807, 2.05) is 13.8 Å². The van der Waals surface area contributed by atoms with Crippen LogP contribution >= 0.6 is 0 Å². The lowest BCUT2D eigenvalue weighted by molar-refractivity contribution is 0.0496. The second-order valence-corrected chi connectivity index (χ2v) is 7.12. The van der Waals surface area contributed by atoms with Gasteiger partial charge in [0.25, 0.3) is 11.8 Å². The third-order valence-electron chi connectivity index (χ3n) is 4.03. The highest BCUT2D eigenvalue weighted by Crippen LogP contribution is 2.32. The Hall–Kier alpha value is -3.09. The molecule has 3 amide bonds. The summed E-state index contributed by atoms with van der Waals surface area (Å²) in [6.07, 6.45) is -0.593. The van der Waals surface area contributed by atoms with Gasteiger partial charge in [0.05, 0.1) is 0 Å². The van der Waals surface area contributed by atoms with E-state index < -0.39 is 23.5 Å². The molecule has 150 valence electrons. The first-order chi connectivity index (χ1) is 13.2. The summed E-state index contributed by atoms with van der Waals surface area (Å²) in [6.45, 7) is 9.43. The number of rotatable bonds is 3. The van der Waals surface area contributed by atoms with E-state index >= 15 is 0 Å². The van der Waals surface area contributed by atoms with E-state index in [4.69, 9.17) is 10.5 Å². The number of amides is 3. The first kappa shape index (κ1) is 21.2. The third kappa shape index (κ3) is 4.24. The van der Waals surface area contributed by atoms with E-state index in [2.05, 4.69) is 5.32 Å². The molecule has 0 spiro atoms. The Labute approximate surface area is 164 Å². The molecule has 0 atom stereocenters. The lowest BCUT2D eigenvalue weighted by Gasteiger charge is -2.27. The highest BCUT2D eigenvalue weighted by Gasteiger charge is 2.32. The molecule has 2 aromatic carbocycles. The van der Waals surface area contributed by atoms with Crippen molar-refractivity contribution in [3.8, 4) is 0 Å². The Kier molecular flexibility index (Phi) is 6.28. The van der Waals surface area contributed by atoms with Crippen molar-refractivity contribution in [1.29, 1.82) is 0 Å². The SMILES string of the molecule is CC.CC(C)(C)OC(=O)NCCN1C(=O)c2cccc3c(N)ccc(c23)C1=O. The van der Waals surface area contributed by atoms with Crippen molar-refractivity contribution in [1.82, 2.24) is 10.2 Å². The minimum Gasteiger partial charge on any atom is -0.444 e. The average molecular weight is 385 g/mol. The number of hydrogen-bond acceptors (Lipinski definition) is 5. The zero-order chi connectivity index (χ0) is 21.1. The number of alkyl carbamates (subject to hydrolysis) is 1. The second kappa shape index (κ2) is 8.29. The van der Waals surface area contributed by atoms with Crippen molar-refractivity contribution in [3.63, 3.8) is 0 Å². The van der Waals surface area contributed by atoms with Crippen molar-refractivity contribution in [3.05, 3.63) is 41.5 Å². The number of benzene rings is 2. The number of carbonyl (C=O) groups is 3. The van der Waals surface area contributed by atoms with Gasteiger partial charge in [0, 0.05) is 40.7 Å². The molecule has 0 fully saturated rings. The molecule has 2 aromatic rings. The molecule has 3 rings (SSSR count). The van der Waals surface area contributed by atoms with Crippen LogP contribution in [0.25, 0.3) is 10.8 Å². The standard InChI is InChI=1S/C19H21N3O4.C2H6/c1-19(2,3)26-18(25)21-9-10-22-16(23)12-6-4-5-11-14(20)8-7-13(15(11)12)17(22)24;1-2/h4-8H,9-10,20H2,1-3H3,(H,21,25);1-2H3. The summed E-state index contributed by atoms with van der Waals surface area (Å²) in [5, 5.41) is 3.83. The molecule has 1 heterocycles. The normalized spacial score (nSPS) is 13.1. The van der Waals surface area contributed by atoms with Gasteiger partial charge in [-0.3, -0.25) is 14.5 Å². The van der Waals surface area contributed by atoms with Gasteiger partial charge in [0.2, 0.25) is 0 Å². The lowest BCUT2D eigenvalue weighted by Crippen LogP contribution is -2.45. The van der Waals surface area contributed by atoms with E-state index in [-0.39, 0.29) is 13.1 Å². The van der Waals surface area contributed by atoms with Crippen LogP contribution < -0.4 is 11.1 Å². The van der Waals surface area contributed by atoms with Gasteiger partial charge in [-0.2, -0.15) is 0 Å². The van der Waals surface area contributed by atoms with Crippen molar-refractivity contribution < 1.29 is 19.1 Å². The van der Waals surface area contributed by atoms with Gasteiger partial charge in [-0.15, -0.1) is 0 Å². The van der Waals surface area contributed by atoms with E-state index in [1.54, 1.807) is 51.1 Å². The molecule has 1 aliphatic heterocycles. The fourth-order valence-electron chi connectivity index (χ4n) is 2.96. The predicted octanol–water partition coefficient (Wildman–Crippen LogP) is 3.57. The summed E-state index contributed by atoms with van der Waals surface area (Å²) in [5.74, 6) is -0.797. The van der Waals surface area contributed by atoms with E-state index in [9.17, 15) is 14.4 Å². The van der Waals surface area contributed by atoms with Crippen molar-refractivity contribution in [2.24, 2.45) is 0 Å². The fraction of sp³-hybridized carbons (Fsp3) is 0.381. The maximum Gasteiger partial charge on any atom is 0.407 e. The minimum atomic E-state index is -0.616. The predicted molar refractivity (Wildman–Crippen MR) is 109 cm³/mol. The van der Waals surface area contributed by atoms with Gasteiger partial charge in [-0.1, -0.05) is 26.0 Å². The monoisotopic (exact) mass is 385 g/mol. The molecule has 0 unspecified atom stereocenters. The zero-order valence-electron chi connectivity index (χ0n) is 17.0. The van der Waals surface area contributed by atoms with Gasteiger partial charge in [-0.25, -0.2) is 4.79 Å². The fourth-order valence-corrected chi connectivity index (χ4v) is 2.96. The van der Waals surface area contributed by atoms with E-state index in [0.717, 1.165) is 4.90 Å². The third-order valence-corrected chi connectivity index (χ3v) is 4.03. The van der Waals surface area contributed by atoms with Crippen LogP contribution in [0.2, 0.25) is 0 Å². The molecule has 0 aromatic heterocycles. The number of nitrogens with one attached hydrogen (secondary N) is 1. The van der Waals surface area contributed by atoms with Crippen LogP contribution in [0.3, 0.4) is 0 Å². The Morgan fingerprint density at radius 3 is 2.29 bits per heavy atom. The summed E-state index contributed by atoms with van der Waals surface area (Å²) in [4.78, 5) is 38.3. The summed E-state index contributed by atoms with van der Waals surface area (Å²) in [7, 11) is 0. The van der Waals surface area contributed by atoms with Crippen LogP contribution in [-0.2, 0) is 4.74 Å². The van der Waals surface area contributed by atoms with E-state index in [0.29, 0.717) is 27.6 Å². The molecule has 7 nitrogen and oxygen atoms in total. The Bertz CT molecular complexity index is 893. The Balaban J connectivity index is 0.00000136. The van der Waals surface area contributed by atoms with Gasteiger partial charge >= 0.3 is 6.09 Å². The van der Waals surface area contributed by atoms with Crippen LogP contribution in [0.1, 0.15) is 55.3 Å². The van der Waals surface area contributed by atoms with Crippen LogP contribution in [0.5, 0.6) is 0 Å². The first-order valence-corrected chi connectivity index (χ1v) is 9.33. The van der Waals surface area contributed by atoms with E-state index in [1.165, 1.54) is 0 Å². The molecule has 1 aliphatic rings. The van der Waals surface area contributed by atoms with Gasteiger partial charge in [0.15, 0.2) is 0 Å². The van der Waals surface area contributed by atoms with Crippen LogP contribution in [0, 0.1) is 0 Å². The van der Waals surface area contributed by atoms with Crippen molar-refractivity contribution in [2.75, 3.05) is 18.8 Å². The number of nitrogens with zero attached hydrogens (tertiary/aromatic N) is 1. The second-order valence-electron chi connectivity index (χ2n) is 7.12. The Morgan fingerprint density at radius 2 is 1.68 bits per heavy atom. The number of nitrogen functional groups attached to an aromatic ring is 1. The highest BCUT2D eigenvalue weighted by atomic mass is 16.6. The topological polar surface area (TPSA) is 102 Å². The Morgan fingerprint density at radius 1 is 1.07 bits per heavy atom.